The fourth-order valence-electron chi connectivity index (χ4n) is 3.59. The van der Waals surface area contributed by atoms with Crippen LogP contribution in [0.3, 0.4) is 0 Å². The molecule has 1 aliphatic rings. The Bertz CT molecular complexity index is 1490. The fraction of sp³-hybridized carbons (Fsp3) is 0.0833. The molecule has 1 heterocycles. The molecule has 0 saturated heterocycles. The molecule has 0 aromatic heterocycles. The molecule has 0 fully saturated rings. The highest BCUT2D eigenvalue weighted by Gasteiger charge is 2.38. The average molecular weight is 496 g/mol. The Balaban J connectivity index is 1.57. The van der Waals surface area contributed by atoms with Crippen LogP contribution in [0.5, 0.6) is 0 Å². The normalized spacial score (nSPS) is 17.4. The van der Waals surface area contributed by atoms with Crippen LogP contribution in [0.4, 0.5) is 10.1 Å². The van der Waals surface area contributed by atoms with Crippen molar-refractivity contribution in [2.45, 2.75) is 17.4 Å². The number of amides is 1. The minimum Gasteiger partial charge on any atom is -0.384 e. The summed E-state index contributed by atoms with van der Waals surface area (Å²) in [4.78, 5) is 18.3. The highest BCUT2D eigenvalue weighted by molar-refractivity contribution is 7.89. The molecular formula is C24H22FN5O4S. The Labute approximate surface area is 201 Å². The maximum Gasteiger partial charge on any atom is 0.263 e. The first-order valence-electron chi connectivity index (χ1n) is 10.3. The zero-order valence-electron chi connectivity index (χ0n) is 18.5. The molecule has 180 valence electrons. The van der Waals surface area contributed by atoms with Crippen LogP contribution in [0.15, 0.2) is 77.7 Å². The van der Waals surface area contributed by atoms with Crippen LogP contribution in [0.25, 0.3) is 16.8 Å². The topological polar surface area (TPSA) is 160 Å². The molecule has 0 bridgehead atoms. The second-order valence-corrected chi connectivity index (χ2v) is 9.58. The lowest BCUT2D eigenvalue weighted by atomic mass is 10.0. The number of nitrogens with two attached hydrogens (primary N) is 2. The number of hydrogen-bond donors (Lipinski definition) is 5. The van der Waals surface area contributed by atoms with E-state index in [9.17, 15) is 17.6 Å². The van der Waals surface area contributed by atoms with E-state index in [1.165, 1.54) is 43.3 Å². The van der Waals surface area contributed by atoms with Gasteiger partial charge in [0.1, 0.15) is 11.7 Å². The number of halogens is 1. The summed E-state index contributed by atoms with van der Waals surface area (Å²) >= 11 is 0. The Morgan fingerprint density at radius 3 is 2.51 bits per heavy atom. The summed E-state index contributed by atoms with van der Waals surface area (Å²) in [6.45, 7) is 1.51. The van der Waals surface area contributed by atoms with E-state index in [0.29, 0.717) is 16.8 Å². The lowest BCUT2D eigenvalue weighted by Crippen LogP contribution is -2.40. The molecule has 1 aliphatic heterocycles. The number of benzene rings is 3. The van der Waals surface area contributed by atoms with Crippen LogP contribution in [-0.2, 0) is 19.7 Å². The van der Waals surface area contributed by atoms with Gasteiger partial charge in [0.2, 0.25) is 10.0 Å². The lowest BCUT2D eigenvalue weighted by molar-refractivity contribution is -0.135. The third kappa shape index (κ3) is 4.92. The first kappa shape index (κ1) is 24.1. The van der Waals surface area contributed by atoms with Gasteiger partial charge in [0, 0.05) is 16.7 Å². The highest BCUT2D eigenvalue weighted by atomic mass is 32.2. The third-order valence-electron chi connectivity index (χ3n) is 5.45. The molecule has 35 heavy (non-hydrogen) atoms. The van der Waals surface area contributed by atoms with Gasteiger partial charge in [0.15, 0.2) is 5.60 Å². The van der Waals surface area contributed by atoms with E-state index in [0.717, 1.165) is 6.07 Å². The number of sulfonamides is 1. The molecule has 7 N–H and O–H groups in total. The van der Waals surface area contributed by atoms with Gasteiger partial charge in [-0.3, -0.25) is 20.5 Å². The number of rotatable bonds is 6. The van der Waals surface area contributed by atoms with Gasteiger partial charge < -0.3 is 11.1 Å². The van der Waals surface area contributed by atoms with Gasteiger partial charge in [-0.2, -0.15) is 0 Å². The number of hydrogen-bond acceptors (Lipinski definition) is 6. The number of carbonyl (C=O) groups is 1. The summed E-state index contributed by atoms with van der Waals surface area (Å²) in [5.74, 6) is -1.51. The SMILES string of the molecule is CC1(C(=O)Nc2ccc(-c3ccccc3S(N)(=O)=O)cc2F)C=C(c2cccc(C(=N)N)c2)NO1. The molecule has 3 aromatic rings. The number of hydroxylamine groups is 1. The zero-order chi connectivity index (χ0) is 25.4. The standard InChI is InChI=1S/C24H22FN5O4S/c1-24(13-20(30-34-24)15-5-4-6-16(11-15)22(26)27)23(31)29-19-10-9-14(12-18(19)25)17-7-2-3-8-21(17)35(28,32)33/h2-13,30H,1H3,(H3,26,27)(H,29,31)(H2,28,32,33). The molecule has 0 spiro atoms. The molecule has 0 radical (unpaired) electrons. The van der Waals surface area contributed by atoms with Crippen molar-refractivity contribution in [2.24, 2.45) is 10.9 Å². The largest absolute Gasteiger partial charge is 0.384 e. The monoisotopic (exact) mass is 495 g/mol. The van der Waals surface area contributed by atoms with Gasteiger partial charge in [0.05, 0.1) is 16.3 Å². The molecule has 11 heteroatoms. The number of nitrogens with one attached hydrogen (secondary N) is 3. The third-order valence-corrected chi connectivity index (χ3v) is 6.42. The molecule has 1 unspecified atom stereocenters. The molecule has 1 atom stereocenters. The van der Waals surface area contributed by atoms with E-state index in [2.05, 4.69) is 10.8 Å². The van der Waals surface area contributed by atoms with Crippen molar-refractivity contribution in [3.63, 3.8) is 0 Å². The number of nitrogen functional groups attached to an aromatic ring is 1. The van der Waals surface area contributed by atoms with Gasteiger partial charge in [-0.1, -0.05) is 42.5 Å². The van der Waals surface area contributed by atoms with Crippen molar-refractivity contribution in [1.82, 2.24) is 5.48 Å². The van der Waals surface area contributed by atoms with E-state index < -0.39 is 27.3 Å². The van der Waals surface area contributed by atoms with Crippen LogP contribution >= 0.6 is 0 Å². The predicted octanol–water partition coefficient (Wildman–Crippen LogP) is 2.70. The van der Waals surface area contributed by atoms with Gasteiger partial charge in [0.25, 0.3) is 5.91 Å². The van der Waals surface area contributed by atoms with Gasteiger partial charge in [-0.05, 0) is 42.8 Å². The van der Waals surface area contributed by atoms with Crippen molar-refractivity contribution in [3.8, 4) is 11.1 Å². The Hall–Kier alpha value is -4.06. The van der Waals surface area contributed by atoms with Crippen molar-refractivity contribution in [1.29, 1.82) is 5.41 Å². The first-order valence-corrected chi connectivity index (χ1v) is 11.9. The lowest BCUT2D eigenvalue weighted by Gasteiger charge is -2.19. The molecule has 9 nitrogen and oxygen atoms in total. The number of carbonyl (C=O) groups excluding carboxylic acids is 1. The van der Waals surface area contributed by atoms with E-state index in [1.54, 1.807) is 30.3 Å². The minimum atomic E-state index is -4.02. The van der Waals surface area contributed by atoms with Crippen LogP contribution in [0, 0.1) is 11.2 Å². The smallest absolute Gasteiger partial charge is 0.263 e. The van der Waals surface area contributed by atoms with E-state index in [4.69, 9.17) is 21.1 Å². The Kier molecular flexibility index (Phi) is 6.15. The van der Waals surface area contributed by atoms with Gasteiger partial charge in [-0.25, -0.2) is 17.9 Å². The maximum absolute atomic E-state index is 14.9. The Morgan fingerprint density at radius 1 is 1.09 bits per heavy atom. The summed E-state index contributed by atoms with van der Waals surface area (Å²) in [5.41, 5.74) is 8.81. The fourth-order valence-corrected chi connectivity index (χ4v) is 4.35. The Morgan fingerprint density at radius 2 is 1.83 bits per heavy atom. The summed E-state index contributed by atoms with van der Waals surface area (Å²) in [6, 6.07) is 16.7. The zero-order valence-corrected chi connectivity index (χ0v) is 19.3. The number of primary sulfonamides is 1. The van der Waals surface area contributed by atoms with Crippen molar-refractivity contribution in [2.75, 3.05) is 5.32 Å². The van der Waals surface area contributed by atoms with Crippen LogP contribution in [0.1, 0.15) is 18.1 Å². The maximum atomic E-state index is 14.9. The van der Waals surface area contributed by atoms with Crippen LogP contribution in [-0.4, -0.2) is 25.8 Å². The summed E-state index contributed by atoms with van der Waals surface area (Å²) in [7, 11) is -4.02. The van der Waals surface area contributed by atoms with Gasteiger partial charge in [-0.15, -0.1) is 0 Å². The molecule has 4 rings (SSSR count). The van der Waals surface area contributed by atoms with Crippen molar-refractivity contribution >= 4 is 33.2 Å². The van der Waals surface area contributed by atoms with Gasteiger partial charge >= 0.3 is 0 Å². The average Bonchev–Trinajstić information content (AvgIpc) is 3.23. The summed E-state index contributed by atoms with van der Waals surface area (Å²) < 4.78 is 38.6. The number of amidine groups is 1. The summed E-state index contributed by atoms with van der Waals surface area (Å²) in [5, 5.41) is 15.3. The number of anilines is 1. The highest BCUT2D eigenvalue weighted by Crippen LogP contribution is 2.31. The van der Waals surface area contributed by atoms with Crippen molar-refractivity contribution < 1.29 is 22.4 Å². The molecule has 1 amide bonds. The van der Waals surface area contributed by atoms with Crippen LogP contribution in [0.2, 0.25) is 0 Å². The molecule has 3 aromatic carbocycles. The summed E-state index contributed by atoms with van der Waals surface area (Å²) in [6.07, 6.45) is 1.54. The quantitative estimate of drug-likeness (QED) is 0.261. The minimum absolute atomic E-state index is 0.0996. The van der Waals surface area contributed by atoms with E-state index >= 15 is 0 Å². The van der Waals surface area contributed by atoms with Crippen molar-refractivity contribution in [3.05, 3.63) is 89.8 Å². The van der Waals surface area contributed by atoms with E-state index in [1.807, 2.05) is 0 Å². The molecule has 0 aliphatic carbocycles. The second kappa shape index (κ2) is 8.95. The first-order chi connectivity index (χ1) is 16.5. The second-order valence-electron chi connectivity index (χ2n) is 8.05. The van der Waals surface area contributed by atoms with E-state index in [-0.39, 0.29) is 27.5 Å². The molecule has 0 saturated carbocycles. The predicted molar refractivity (Wildman–Crippen MR) is 130 cm³/mol. The molecular weight excluding hydrogens is 473 g/mol. The van der Waals surface area contributed by atoms with Crippen LogP contribution < -0.4 is 21.7 Å².